The van der Waals surface area contributed by atoms with Gasteiger partial charge in [0, 0.05) is 13.3 Å². The van der Waals surface area contributed by atoms with Crippen LogP contribution in [0, 0.1) is 0 Å². The van der Waals surface area contributed by atoms with Crippen molar-refractivity contribution >= 4 is 15.5 Å². The first-order chi connectivity index (χ1) is 6.91. The van der Waals surface area contributed by atoms with Crippen molar-refractivity contribution in [2.24, 2.45) is 7.05 Å². The molecule has 0 amide bonds. The average Bonchev–Trinajstić information content (AvgIpc) is 2.54. The van der Waals surface area contributed by atoms with E-state index in [2.05, 4.69) is 15.4 Å². The zero-order valence-electron chi connectivity index (χ0n) is 7.95. The molecule has 2 aromatic heterocycles. The molecule has 8 nitrogen and oxygen atoms in total. The van der Waals surface area contributed by atoms with Gasteiger partial charge in [0.1, 0.15) is 4.90 Å². The third-order valence-corrected chi connectivity index (χ3v) is 2.93. The van der Waals surface area contributed by atoms with E-state index >= 15 is 0 Å². The number of rotatable bonds is 1. The van der Waals surface area contributed by atoms with E-state index in [1.165, 1.54) is 7.05 Å². The minimum atomic E-state index is -3.45. The largest absolute Gasteiger partial charge is 0.368 e. The lowest BCUT2D eigenvalue weighted by Crippen LogP contribution is -2.28. The zero-order chi connectivity index (χ0) is 11.2. The second-order valence-electron chi connectivity index (χ2n) is 3.01. The molecule has 9 heteroatoms. The predicted molar refractivity (Wildman–Crippen MR) is 49.1 cm³/mol. The molecule has 0 aliphatic heterocycles. The van der Waals surface area contributed by atoms with Crippen LogP contribution in [0.5, 0.6) is 0 Å². The minimum absolute atomic E-state index is 0.0550. The van der Waals surface area contributed by atoms with E-state index < -0.39 is 15.5 Å². The number of sulfone groups is 1. The van der Waals surface area contributed by atoms with Gasteiger partial charge in [-0.25, -0.2) is 13.2 Å². The van der Waals surface area contributed by atoms with E-state index in [0.29, 0.717) is 0 Å². The summed E-state index contributed by atoms with van der Waals surface area (Å²) in [6.07, 6.45) is 2.10. The topological polar surface area (TPSA) is 99.2 Å². The summed E-state index contributed by atoms with van der Waals surface area (Å²) in [5, 5.41) is 10.7. The van der Waals surface area contributed by atoms with E-state index in [4.69, 9.17) is 0 Å². The number of nitrogens with zero attached hydrogens (tertiary/aromatic N) is 5. The molecule has 80 valence electrons. The summed E-state index contributed by atoms with van der Waals surface area (Å²) in [6, 6.07) is 0. The van der Waals surface area contributed by atoms with Gasteiger partial charge in [0.2, 0.25) is 5.65 Å². The molecule has 0 aliphatic carbocycles. The van der Waals surface area contributed by atoms with Crippen molar-refractivity contribution in [3.8, 4) is 0 Å². The van der Waals surface area contributed by atoms with Crippen LogP contribution in [0.25, 0.3) is 5.65 Å². The van der Waals surface area contributed by atoms with Crippen LogP contribution in [-0.2, 0) is 16.9 Å². The molecule has 2 rings (SSSR count). The van der Waals surface area contributed by atoms with Crippen molar-refractivity contribution in [3.05, 3.63) is 16.7 Å². The summed E-state index contributed by atoms with van der Waals surface area (Å²) < 4.78 is 24.4. The summed E-state index contributed by atoms with van der Waals surface area (Å²) in [5.74, 6) is 0. The van der Waals surface area contributed by atoms with Gasteiger partial charge in [0.05, 0.1) is 6.20 Å². The summed E-state index contributed by atoms with van der Waals surface area (Å²) in [4.78, 5) is 11.3. The van der Waals surface area contributed by atoms with Gasteiger partial charge in [-0.15, -0.1) is 5.10 Å². The van der Waals surface area contributed by atoms with E-state index in [-0.39, 0.29) is 10.5 Å². The summed E-state index contributed by atoms with van der Waals surface area (Å²) >= 11 is 0. The average molecular weight is 229 g/mol. The fourth-order valence-corrected chi connectivity index (χ4v) is 1.80. The van der Waals surface area contributed by atoms with Crippen molar-refractivity contribution in [1.82, 2.24) is 24.6 Å². The van der Waals surface area contributed by atoms with Crippen LogP contribution in [0.2, 0.25) is 0 Å². The molecule has 0 spiro atoms. The second kappa shape index (κ2) is 2.86. The summed E-state index contributed by atoms with van der Waals surface area (Å²) in [5.41, 5.74) is -0.601. The van der Waals surface area contributed by atoms with Gasteiger partial charge in [-0.05, 0) is 0 Å². The Morgan fingerprint density at radius 2 is 2.07 bits per heavy atom. The molecule has 15 heavy (non-hydrogen) atoms. The lowest BCUT2D eigenvalue weighted by atomic mass is 10.7. The highest BCUT2D eigenvalue weighted by atomic mass is 32.2. The Labute approximate surface area is 84.1 Å². The van der Waals surface area contributed by atoms with E-state index in [0.717, 1.165) is 21.6 Å². The van der Waals surface area contributed by atoms with Crippen LogP contribution >= 0.6 is 0 Å². The Bertz CT molecular complexity index is 682. The van der Waals surface area contributed by atoms with Crippen molar-refractivity contribution in [1.29, 1.82) is 0 Å². The normalized spacial score (nSPS) is 12.1. The molecule has 0 saturated heterocycles. The standard InChI is InChI=1S/C6H7N5O3S/c1-10-6(12)11-5(8-9-10)4(3-7-11)15(2,13)14/h3H,1-2H3. The molecule has 0 fully saturated rings. The van der Waals surface area contributed by atoms with Gasteiger partial charge >= 0.3 is 5.69 Å². The molecule has 0 atom stereocenters. The highest BCUT2D eigenvalue weighted by Crippen LogP contribution is 2.11. The SMILES string of the molecule is Cn1nnc2c(S(C)(=O)=O)cnn2c1=O. The summed E-state index contributed by atoms with van der Waals surface area (Å²) in [7, 11) is -2.05. The lowest BCUT2D eigenvalue weighted by molar-refractivity contribution is 0.585. The van der Waals surface area contributed by atoms with Crippen molar-refractivity contribution in [3.63, 3.8) is 0 Å². The molecule has 0 unspecified atom stereocenters. The highest BCUT2D eigenvalue weighted by Gasteiger charge is 2.17. The zero-order valence-corrected chi connectivity index (χ0v) is 8.76. The fraction of sp³-hybridized carbons (Fsp3) is 0.333. The molecular formula is C6H7N5O3S. The van der Waals surface area contributed by atoms with Crippen LogP contribution in [0.15, 0.2) is 15.9 Å². The van der Waals surface area contributed by atoms with Gasteiger partial charge < -0.3 is 0 Å². The third kappa shape index (κ3) is 1.40. The number of aromatic nitrogens is 5. The van der Waals surface area contributed by atoms with Crippen LogP contribution in [-0.4, -0.2) is 39.3 Å². The minimum Gasteiger partial charge on any atom is -0.244 e. The van der Waals surface area contributed by atoms with Gasteiger partial charge in [0.15, 0.2) is 9.84 Å². The molecule has 0 saturated carbocycles. The third-order valence-electron chi connectivity index (χ3n) is 1.84. The van der Waals surface area contributed by atoms with E-state index in [1.54, 1.807) is 0 Å². The van der Waals surface area contributed by atoms with Crippen LogP contribution in [0.1, 0.15) is 0 Å². The molecule has 2 aromatic rings. The second-order valence-corrected chi connectivity index (χ2v) is 5.00. The molecule has 0 radical (unpaired) electrons. The maximum atomic E-state index is 11.4. The summed E-state index contributed by atoms with van der Waals surface area (Å²) in [6.45, 7) is 0. The first-order valence-electron chi connectivity index (χ1n) is 3.89. The quantitative estimate of drug-likeness (QED) is 0.573. The van der Waals surface area contributed by atoms with Crippen LogP contribution < -0.4 is 5.69 Å². The lowest BCUT2D eigenvalue weighted by Gasteiger charge is -1.95. The van der Waals surface area contributed by atoms with Gasteiger partial charge in [0.25, 0.3) is 0 Å². The fourth-order valence-electron chi connectivity index (χ4n) is 1.10. The van der Waals surface area contributed by atoms with Gasteiger partial charge in [-0.3, -0.25) is 0 Å². The Morgan fingerprint density at radius 1 is 1.40 bits per heavy atom. The molecule has 0 aliphatic rings. The number of hydrogen-bond donors (Lipinski definition) is 0. The van der Waals surface area contributed by atoms with Crippen LogP contribution in [0.3, 0.4) is 0 Å². The monoisotopic (exact) mass is 229 g/mol. The first kappa shape index (κ1) is 9.77. The maximum absolute atomic E-state index is 11.4. The Morgan fingerprint density at radius 3 is 2.67 bits per heavy atom. The van der Waals surface area contributed by atoms with E-state index in [1.807, 2.05) is 0 Å². The van der Waals surface area contributed by atoms with Gasteiger partial charge in [-0.2, -0.15) is 14.3 Å². The number of fused-ring (bicyclic) bond motifs is 1. The number of hydrogen-bond acceptors (Lipinski definition) is 6. The molecule has 0 bridgehead atoms. The van der Waals surface area contributed by atoms with Crippen LogP contribution in [0.4, 0.5) is 0 Å². The number of aryl methyl sites for hydroxylation is 1. The Hall–Kier alpha value is -1.77. The van der Waals surface area contributed by atoms with E-state index in [9.17, 15) is 13.2 Å². The predicted octanol–water partition coefficient (Wildman–Crippen LogP) is -1.77. The Balaban J connectivity index is 2.97. The maximum Gasteiger partial charge on any atom is 0.368 e. The molecule has 2 heterocycles. The first-order valence-corrected chi connectivity index (χ1v) is 5.78. The van der Waals surface area contributed by atoms with Crippen molar-refractivity contribution in [2.45, 2.75) is 4.90 Å². The molecule has 0 aromatic carbocycles. The Kier molecular flexibility index (Phi) is 1.86. The highest BCUT2D eigenvalue weighted by molar-refractivity contribution is 7.90. The molecular weight excluding hydrogens is 222 g/mol. The van der Waals surface area contributed by atoms with Crippen molar-refractivity contribution < 1.29 is 8.42 Å². The molecule has 0 N–H and O–H groups in total. The van der Waals surface area contributed by atoms with Gasteiger partial charge in [-0.1, -0.05) is 5.21 Å². The smallest absolute Gasteiger partial charge is 0.244 e. The van der Waals surface area contributed by atoms with Crippen molar-refractivity contribution in [2.75, 3.05) is 6.26 Å².